The van der Waals surface area contributed by atoms with E-state index in [-0.39, 0.29) is 24.3 Å². The summed E-state index contributed by atoms with van der Waals surface area (Å²) in [5.74, 6) is -1.56. The van der Waals surface area contributed by atoms with Crippen LogP contribution in [0, 0.1) is 0 Å². The highest BCUT2D eigenvalue weighted by atomic mass is 32.1. The number of aromatic amines is 1. The zero-order chi connectivity index (χ0) is 17.7. The van der Waals surface area contributed by atoms with Gasteiger partial charge in [0.05, 0.1) is 6.42 Å². The van der Waals surface area contributed by atoms with Crippen LogP contribution in [0.1, 0.15) is 29.3 Å². The summed E-state index contributed by atoms with van der Waals surface area (Å²) in [4.78, 5) is 49.5. The smallest absolute Gasteiger partial charge is 0.329 e. The van der Waals surface area contributed by atoms with E-state index >= 15 is 0 Å². The van der Waals surface area contributed by atoms with Crippen molar-refractivity contribution in [2.45, 2.75) is 26.3 Å². The molecule has 0 aliphatic rings. The number of rotatable bonds is 7. The Kier molecular flexibility index (Phi) is 5.69. The highest BCUT2D eigenvalue weighted by molar-refractivity contribution is 7.07. The summed E-state index contributed by atoms with van der Waals surface area (Å²) in [6.07, 6.45) is 0.636. The minimum absolute atomic E-state index is 0.0396. The molecule has 2 aromatic rings. The second kappa shape index (κ2) is 7.73. The number of carbonyl (C=O) groups is 2. The molecule has 2 rings (SSSR count). The van der Waals surface area contributed by atoms with Crippen LogP contribution < -0.4 is 17.0 Å². The van der Waals surface area contributed by atoms with Crippen LogP contribution >= 0.6 is 11.3 Å². The van der Waals surface area contributed by atoms with Gasteiger partial charge in [-0.15, -0.1) is 0 Å². The van der Waals surface area contributed by atoms with E-state index < -0.39 is 29.6 Å². The number of thiophene rings is 1. The average Bonchev–Trinajstić information content (AvgIpc) is 3.02. The molecular weight excluding hydrogens is 334 g/mol. The van der Waals surface area contributed by atoms with E-state index in [1.165, 1.54) is 11.3 Å². The number of esters is 1. The number of nitrogens with two attached hydrogens (primary N) is 1. The van der Waals surface area contributed by atoms with E-state index in [1.807, 2.05) is 17.3 Å². The zero-order valence-electron chi connectivity index (χ0n) is 13.0. The standard InChI is InChI=1S/C15H17N3O5S/c1-2-4-18-13(16)12(14(21)17-15(18)22)10(19)7-23-11(20)6-9-3-5-24-8-9/h3,5,8H,2,4,6-7,16H2,1H3,(H,17,21,22). The molecule has 0 aromatic carbocycles. The number of aromatic nitrogens is 2. The van der Waals surface area contributed by atoms with Crippen LogP contribution in [0.25, 0.3) is 0 Å². The van der Waals surface area contributed by atoms with E-state index in [0.717, 1.165) is 10.1 Å². The minimum atomic E-state index is -0.885. The lowest BCUT2D eigenvalue weighted by Crippen LogP contribution is -2.37. The maximum Gasteiger partial charge on any atom is 0.329 e. The van der Waals surface area contributed by atoms with Crippen molar-refractivity contribution in [2.24, 2.45) is 0 Å². The van der Waals surface area contributed by atoms with Gasteiger partial charge < -0.3 is 10.5 Å². The fourth-order valence-corrected chi connectivity index (χ4v) is 2.80. The quantitative estimate of drug-likeness (QED) is 0.555. The van der Waals surface area contributed by atoms with Crippen LogP contribution in [-0.4, -0.2) is 27.9 Å². The van der Waals surface area contributed by atoms with Gasteiger partial charge in [0.25, 0.3) is 5.56 Å². The summed E-state index contributed by atoms with van der Waals surface area (Å²) in [6.45, 7) is 1.48. The molecule has 0 bridgehead atoms. The molecule has 0 fully saturated rings. The van der Waals surface area contributed by atoms with Crippen molar-refractivity contribution < 1.29 is 14.3 Å². The molecule has 0 aliphatic heterocycles. The number of anilines is 1. The Labute approximate surface area is 140 Å². The molecule has 2 aromatic heterocycles. The first-order chi connectivity index (χ1) is 11.4. The first kappa shape index (κ1) is 17.7. The van der Waals surface area contributed by atoms with E-state index in [2.05, 4.69) is 0 Å². The Morgan fingerprint density at radius 2 is 2.12 bits per heavy atom. The van der Waals surface area contributed by atoms with Crippen LogP contribution in [-0.2, 0) is 22.5 Å². The average molecular weight is 351 g/mol. The number of hydrogen-bond acceptors (Lipinski definition) is 7. The number of ketones is 1. The van der Waals surface area contributed by atoms with Crippen LogP contribution in [0.5, 0.6) is 0 Å². The molecule has 9 heteroatoms. The Hall–Kier alpha value is -2.68. The van der Waals surface area contributed by atoms with Crippen LogP contribution in [0.15, 0.2) is 26.4 Å². The molecule has 0 spiro atoms. The molecule has 0 aliphatic carbocycles. The largest absolute Gasteiger partial charge is 0.457 e. The Morgan fingerprint density at radius 1 is 1.38 bits per heavy atom. The molecular formula is C15H17N3O5S. The van der Waals surface area contributed by atoms with Gasteiger partial charge in [-0.25, -0.2) is 4.79 Å². The second-order valence-electron chi connectivity index (χ2n) is 5.06. The molecule has 0 unspecified atom stereocenters. The highest BCUT2D eigenvalue weighted by Crippen LogP contribution is 2.09. The Balaban J connectivity index is 2.12. The monoisotopic (exact) mass is 351 g/mol. The van der Waals surface area contributed by atoms with Crippen molar-refractivity contribution in [2.75, 3.05) is 12.3 Å². The summed E-state index contributed by atoms with van der Waals surface area (Å²) < 4.78 is 6.00. The first-order valence-electron chi connectivity index (χ1n) is 7.26. The fourth-order valence-electron chi connectivity index (χ4n) is 2.13. The maximum absolute atomic E-state index is 12.2. The third-order valence-corrected chi connectivity index (χ3v) is 3.99. The third kappa shape index (κ3) is 3.99. The molecule has 0 radical (unpaired) electrons. The molecule has 0 saturated carbocycles. The van der Waals surface area contributed by atoms with Crippen molar-refractivity contribution in [3.8, 4) is 0 Å². The Morgan fingerprint density at radius 3 is 2.75 bits per heavy atom. The zero-order valence-corrected chi connectivity index (χ0v) is 13.9. The summed E-state index contributed by atoms with van der Waals surface area (Å²) in [6, 6.07) is 1.77. The summed E-state index contributed by atoms with van der Waals surface area (Å²) in [5, 5.41) is 3.62. The van der Waals surface area contributed by atoms with Gasteiger partial charge in [0, 0.05) is 6.54 Å². The van der Waals surface area contributed by atoms with Crippen molar-refractivity contribution in [1.82, 2.24) is 9.55 Å². The number of nitrogens with one attached hydrogen (secondary N) is 1. The van der Waals surface area contributed by atoms with Crippen molar-refractivity contribution in [3.63, 3.8) is 0 Å². The normalized spacial score (nSPS) is 10.5. The number of nitrogen functional groups attached to an aromatic ring is 1. The van der Waals surface area contributed by atoms with Gasteiger partial charge in [0.2, 0.25) is 5.78 Å². The number of carbonyl (C=O) groups excluding carboxylic acids is 2. The van der Waals surface area contributed by atoms with E-state index in [0.29, 0.717) is 6.42 Å². The maximum atomic E-state index is 12.2. The van der Waals surface area contributed by atoms with Crippen LogP contribution in [0.4, 0.5) is 5.82 Å². The van der Waals surface area contributed by atoms with Gasteiger partial charge in [-0.2, -0.15) is 11.3 Å². The van der Waals surface area contributed by atoms with Crippen molar-refractivity contribution >= 4 is 28.9 Å². The van der Waals surface area contributed by atoms with E-state index in [9.17, 15) is 19.2 Å². The van der Waals surface area contributed by atoms with Gasteiger partial charge in [-0.1, -0.05) is 6.92 Å². The van der Waals surface area contributed by atoms with E-state index in [4.69, 9.17) is 10.5 Å². The number of hydrogen-bond donors (Lipinski definition) is 2. The van der Waals surface area contributed by atoms with E-state index in [1.54, 1.807) is 11.4 Å². The summed E-state index contributed by atoms with van der Waals surface area (Å²) >= 11 is 1.45. The number of nitrogens with zero attached hydrogens (tertiary/aromatic N) is 1. The first-order valence-corrected chi connectivity index (χ1v) is 8.20. The third-order valence-electron chi connectivity index (χ3n) is 3.26. The Bertz CT molecular complexity index is 851. The molecule has 24 heavy (non-hydrogen) atoms. The number of ether oxygens (including phenoxy) is 1. The number of H-pyrrole nitrogens is 1. The molecule has 0 atom stereocenters. The highest BCUT2D eigenvalue weighted by Gasteiger charge is 2.20. The molecule has 2 heterocycles. The van der Waals surface area contributed by atoms with Gasteiger partial charge in [0.1, 0.15) is 11.4 Å². The predicted octanol–water partition coefficient (Wildman–Crippen LogP) is 0.559. The fraction of sp³-hybridized carbons (Fsp3) is 0.333. The predicted molar refractivity (Wildman–Crippen MR) is 89.3 cm³/mol. The van der Waals surface area contributed by atoms with Crippen molar-refractivity contribution in [3.05, 3.63) is 48.8 Å². The second-order valence-corrected chi connectivity index (χ2v) is 5.84. The lowest BCUT2D eigenvalue weighted by Gasteiger charge is -2.11. The van der Waals surface area contributed by atoms with Gasteiger partial charge in [-0.05, 0) is 28.8 Å². The lowest BCUT2D eigenvalue weighted by molar-refractivity contribution is -0.141. The van der Waals surface area contributed by atoms with Gasteiger partial charge >= 0.3 is 11.7 Å². The summed E-state index contributed by atoms with van der Waals surface area (Å²) in [7, 11) is 0. The van der Waals surface area contributed by atoms with Gasteiger partial charge in [0.15, 0.2) is 6.61 Å². The molecule has 0 saturated heterocycles. The molecule has 3 N–H and O–H groups in total. The number of Topliss-reactive ketones (excluding diaryl/α,β-unsaturated/α-hetero) is 1. The lowest BCUT2D eigenvalue weighted by atomic mass is 10.2. The molecule has 128 valence electrons. The summed E-state index contributed by atoms with van der Waals surface area (Å²) in [5.41, 5.74) is 4.62. The molecule has 0 amide bonds. The SMILES string of the molecule is CCCn1c(N)c(C(=O)COC(=O)Cc2ccsc2)c(=O)[nH]c1=O. The van der Waals surface area contributed by atoms with Crippen LogP contribution in [0.2, 0.25) is 0 Å². The van der Waals surface area contributed by atoms with Gasteiger partial charge in [-0.3, -0.25) is 23.9 Å². The van der Waals surface area contributed by atoms with Crippen molar-refractivity contribution in [1.29, 1.82) is 0 Å². The topological polar surface area (TPSA) is 124 Å². The minimum Gasteiger partial charge on any atom is -0.457 e. The molecule has 8 nitrogen and oxygen atoms in total. The van der Waals surface area contributed by atoms with Crippen LogP contribution in [0.3, 0.4) is 0 Å².